The number of nitrogens with zero attached hydrogens (tertiary/aromatic N) is 1. The molecule has 0 radical (unpaired) electrons. The minimum Gasteiger partial charge on any atom is -0.249 e. The van der Waals surface area contributed by atoms with Crippen molar-refractivity contribution in [3.63, 3.8) is 0 Å². The zero-order valence-corrected chi connectivity index (χ0v) is 17.6. The van der Waals surface area contributed by atoms with Crippen molar-refractivity contribution in [2.45, 2.75) is 58.9 Å². The van der Waals surface area contributed by atoms with Gasteiger partial charge in [-0.15, -0.1) is 5.54 Å². The molecule has 1 aromatic heterocycles. The Balaban J connectivity index is 3.42. The molecule has 0 atom stereocenters. The maximum atomic E-state index is 4.85. The Hall–Kier alpha value is -0.639. The molecule has 0 bridgehead atoms. The average Bonchev–Trinajstić information content (AvgIpc) is 2.22. The van der Waals surface area contributed by atoms with Crippen molar-refractivity contribution in [1.82, 2.24) is 4.98 Å². The lowest BCUT2D eigenvalue weighted by Crippen LogP contribution is -2.47. The quantitative estimate of drug-likeness (QED) is 0.601. The van der Waals surface area contributed by atoms with Gasteiger partial charge in [-0.25, -0.2) is 4.98 Å². The first-order valence-corrected chi connectivity index (χ1v) is 17.9. The molecule has 20 heavy (non-hydrogen) atoms. The summed E-state index contributed by atoms with van der Waals surface area (Å²) < 4.78 is 0. The van der Waals surface area contributed by atoms with Gasteiger partial charge in [0.25, 0.3) is 0 Å². The predicted octanol–water partition coefficient (Wildman–Crippen LogP) is 3.40. The number of hydrogen-bond acceptors (Lipinski definition) is 1. The Labute approximate surface area is 128 Å². The normalized spacial score (nSPS) is 12.8. The smallest absolute Gasteiger partial charge is 0.129 e. The molecule has 1 aromatic rings. The van der Waals surface area contributed by atoms with Crippen molar-refractivity contribution < 1.29 is 0 Å². The largest absolute Gasteiger partial charge is 0.249 e. The molecule has 1 rings (SSSR count). The summed E-state index contributed by atoms with van der Waals surface area (Å²) >= 11 is 0. The van der Waals surface area contributed by atoms with Crippen LogP contribution in [0.1, 0.15) is 5.69 Å². The minimum atomic E-state index is -1.40. The molecule has 0 spiro atoms. The zero-order chi connectivity index (χ0) is 15.8. The molecule has 0 fully saturated rings. The Bertz CT molecular complexity index is 514. The van der Waals surface area contributed by atoms with Gasteiger partial charge in [-0.3, -0.25) is 0 Å². The lowest BCUT2D eigenvalue weighted by molar-refractivity contribution is 1.33. The van der Waals surface area contributed by atoms with Crippen LogP contribution >= 0.6 is 0 Å². The van der Waals surface area contributed by atoms with E-state index in [0.717, 1.165) is 5.69 Å². The summed E-state index contributed by atoms with van der Waals surface area (Å²) in [5.41, 5.74) is 4.44. The fourth-order valence-corrected chi connectivity index (χ4v) is 4.49. The molecular formula is C16H29NSi3. The topological polar surface area (TPSA) is 12.9 Å². The molecule has 0 saturated carbocycles. The van der Waals surface area contributed by atoms with Gasteiger partial charge in [-0.1, -0.05) is 70.0 Å². The van der Waals surface area contributed by atoms with Crippen molar-refractivity contribution >= 4 is 34.7 Å². The fourth-order valence-electron chi connectivity index (χ4n) is 1.66. The molecular weight excluding hydrogens is 290 g/mol. The third kappa shape index (κ3) is 5.39. The first-order valence-electron chi connectivity index (χ1n) is 7.35. The van der Waals surface area contributed by atoms with Gasteiger partial charge < -0.3 is 0 Å². The van der Waals surface area contributed by atoms with E-state index in [1.807, 2.05) is 0 Å². The lowest BCUT2D eigenvalue weighted by atomic mass is 10.4. The van der Waals surface area contributed by atoms with E-state index in [9.17, 15) is 0 Å². The van der Waals surface area contributed by atoms with Gasteiger partial charge in [0.15, 0.2) is 0 Å². The number of hydrogen-bond donors (Lipinski definition) is 0. The van der Waals surface area contributed by atoms with E-state index in [1.54, 1.807) is 0 Å². The van der Waals surface area contributed by atoms with Gasteiger partial charge >= 0.3 is 0 Å². The Morgan fingerprint density at radius 3 is 1.75 bits per heavy atom. The van der Waals surface area contributed by atoms with Gasteiger partial charge in [0.2, 0.25) is 0 Å². The van der Waals surface area contributed by atoms with Crippen LogP contribution in [-0.2, 0) is 0 Å². The molecule has 0 saturated heterocycles. The van der Waals surface area contributed by atoms with Gasteiger partial charge in [-0.05, 0) is 12.1 Å². The predicted molar refractivity (Wildman–Crippen MR) is 100 cm³/mol. The average molecular weight is 320 g/mol. The third-order valence-electron chi connectivity index (χ3n) is 3.03. The highest BCUT2D eigenvalue weighted by molar-refractivity contribution is 6.91. The van der Waals surface area contributed by atoms with E-state index in [-0.39, 0.29) is 0 Å². The monoisotopic (exact) mass is 319 g/mol. The Kier molecular flexibility index (Phi) is 4.90. The van der Waals surface area contributed by atoms with Crippen LogP contribution in [0.3, 0.4) is 0 Å². The van der Waals surface area contributed by atoms with Crippen LogP contribution in [0.5, 0.6) is 0 Å². The maximum absolute atomic E-state index is 4.85. The molecule has 0 aromatic carbocycles. The van der Waals surface area contributed by atoms with Crippen molar-refractivity contribution in [2.24, 2.45) is 0 Å². The number of rotatable bonds is 2. The van der Waals surface area contributed by atoms with Gasteiger partial charge in [0.1, 0.15) is 21.8 Å². The standard InChI is InChI=1S/C16H29NSi3/c1-18(2,3)11-10-14-12-15(19(4,5)6)13-16(17-14)20(7,8)9/h12-13H,1-9H3. The van der Waals surface area contributed by atoms with Crippen LogP contribution in [0.4, 0.5) is 0 Å². The van der Waals surface area contributed by atoms with E-state index in [4.69, 9.17) is 4.98 Å². The molecule has 0 amide bonds. The van der Waals surface area contributed by atoms with Gasteiger partial charge in [0.05, 0.1) is 8.07 Å². The fraction of sp³-hybridized carbons (Fsp3) is 0.562. The van der Waals surface area contributed by atoms with Crippen LogP contribution in [0.15, 0.2) is 12.1 Å². The first kappa shape index (κ1) is 17.4. The first-order chi connectivity index (χ1) is 8.79. The zero-order valence-electron chi connectivity index (χ0n) is 14.6. The number of pyridine rings is 1. The second-order valence-corrected chi connectivity index (χ2v) is 23.5. The van der Waals surface area contributed by atoms with E-state index in [1.165, 1.54) is 10.5 Å². The van der Waals surface area contributed by atoms with E-state index < -0.39 is 24.2 Å². The van der Waals surface area contributed by atoms with Gasteiger partial charge in [0, 0.05) is 5.32 Å². The van der Waals surface area contributed by atoms with Crippen molar-refractivity contribution in [3.8, 4) is 11.5 Å². The molecule has 4 heteroatoms. The summed E-state index contributed by atoms with van der Waals surface area (Å²) in [6, 6.07) is 4.60. The molecule has 1 heterocycles. The van der Waals surface area contributed by atoms with Crippen molar-refractivity contribution in [1.29, 1.82) is 0 Å². The molecule has 0 aliphatic carbocycles. The summed E-state index contributed by atoms with van der Waals surface area (Å²) in [7, 11) is -4.06. The maximum Gasteiger partial charge on any atom is 0.129 e. The molecule has 110 valence electrons. The molecule has 0 aliphatic heterocycles. The highest BCUT2D eigenvalue weighted by atomic mass is 28.3. The van der Waals surface area contributed by atoms with Crippen molar-refractivity contribution in [2.75, 3.05) is 0 Å². The Morgan fingerprint density at radius 2 is 1.35 bits per heavy atom. The lowest BCUT2D eigenvalue weighted by Gasteiger charge is -2.22. The summed E-state index contributed by atoms with van der Waals surface area (Å²) in [5.74, 6) is 3.35. The SMILES string of the molecule is C[Si](C)(C)C#Cc1cc([Si](C)(C)C)cc([Si](C)(C)C)n1. The molecule has 0 N–H and O–H groups in total. The van der Waals surface area contributed by atoms with Crippen LogP contribution in [0, 0.1) is 11.5 Å². The summed E-state index contributed by atoms with van der Waals surface area (Å²) in [6.07, 6.45) is 0. The molecule has 1 nitrogen and oxygen atoms in total. The van der Waals surface area contributed by atoms with Crippen LogP contribution in [-0.4, -0.2) is 29.2 Å². The van der Waals surface area contributed by atoms with E-state index in [0.29, 0.717) is 0 Å². The van der Waals surface area contributed by atoms with Crippen LogP contribution in [0.2, 0.25) is 58.9 Å². The second-order valence-electron chi connectivity index (χ2n) is 8.63. The van der Waals surface area contributed by atoms with Crippen molar-refractivity contribution in [3.05, 3.63) is 17.8 Å². The molecule has 0 aliphatic rings. The third-order valence-corrected chi connectivity index (χ3v) is 7.71. The molecule has 0 unspecified atom stereocenters. The second kappa shape index (κ2) is 5.63. The highest BCUT2D eigenvalue weighted by Crippen LogP contribution is 2.06. The highest BCUT2D eigenvalue weighted by Gasteiger charge is 2.24. The summed E-state index contributed by atoms with van der Waals surface area (Å²) in [4.78, 5) is 4.85. The van der Waals surface area contributed by atoms with E-state index >= 15 is 0 Å². The van der Waals surface area contributed by atoms with Crippen LogP contribution in [0.25, 0.3) is 0 Å². The van der Waals surface area contributed by atoms with E-state index in [2.05, 4.69) is 82.5 Å². The minimum absolute atomic E-state index is 0.991. The Morgan fingerprint density at radius 1 is 0.800 bits per heavy atom. The summed E-state index contributed by atoms with van der Waals surface area (Å²) in [6.45, 7) is 21.1. The summed E-state index contributed by atoms with van der Waals surface area (Å²) in [5, 5.41) is 2.79. The van der Waals surface area contributed by atoms with Crippen LogP contribution < -0.4 is 10.5 Å². The van der Waals surface area contributed by atoms with Gasteiger partial charge in [-0.2, -0.15) is 0 Å². The number of aromatic nitrogens is 1.